The predicted molar refractivity (Wildman–Crippen MR) is 65.0 cm³/mol. The van der Waals surface area contributed by atoms with Crippen LogP contribution in [0.5, 0.6) is 0 Å². The number of nitrogens with zero attached hydrogens (tertiary/aromatic N) is 1. The molecule has 1 aromatic heterocycles. The van der Waals surface area contributed by atoms with Gasteiger partial charge in [0, 0.05) is 5.39 Å². The van der Waals surface area contributed by atoms with Crippen LogP contribution in [0.4, 0.5) is 0 Å². The van der Waals surface area contributed by atoms with Gasteiger partial charge in [0.1, 0.15) is 5.70 Å². The summed E-state index contributed by atoms with van der Waals surface area (Å²) in [6.45, 7) is 1.96. The van der Waals surface area contributed by atoms with Crippen LogP contribution in [0.3, 0.4) is 0 Å². The first kappa shape index (κ1) is 11.2. The summed E-state index contributed by atoms with van der Waals surface area (Å²) in [6, 6.07) is 3.83. The summed E-state index contributed by atoms with van der Waals surface area (Å²) in [7, 11) is 1.30. The first-order chi connectivity index (χ1) is 8.11. The summed E-state index contributed by atoms with van der Waals surface area (Å²) >= 11 is 0. The van der Waals surface area contributed by atoms with Gasteiger partial charge < -0.3 is 10.5 Å². The molecule has 5 heteroatoms. The van der Waals surface area contributed by atoms with Crippen molar-refractivity contribution in [1.82, 2.24) is 10.2 Å². The van der Waals surface area contributed by atoms with Gasteiger partial charge in [-0.15, -0.1) is 0 Å². The molecule has 0 saturated heterocycles. The SMILES string of the molecule is COC(=O)C(N)=Cc1cc(C)c2[nH]ncc2c1. The Bertz CT molecular complexity index is 599. The van der Waals surface area contributed by atoms with Crippen molar-refractivity contribution in [3.05, 3.63) is 35.2 Å². The first-order valence-corrected chi connectivity index (χ1v) is 5.11. The normalized spacial score (nSPS) is 11.8. The molecule has 0 atom stereocenters. The summed E-state index contributed by atoms with van der Waals surface area (Å²) in [4.78, 5) is 11.2. The molecule has 0 aliphatic heterocycles. The molecule has 0 spiro atoms. The average molecular weight is 231 g/mol. The molecule has 0 fully saturated rings. The third-order valence-corrected chi connectivity index (χ3v) is 2.51. The van der Waals surface area contributed by atoms with E-state index in [0.717, 1.165) is 22.0 Å². The number of H-pyrrole nitrogens is 1. The number of esters is 1. The quantitative estimate of drug-likeness (QED) is 0.603. The van der Waals surface area contributed by atoms with Crippen molar-refractivity contribution in [2.75, 3.05) is 7.11 Å². The molecule has 2 aromatic rings. The highest BCUT2D eigenvalue weighted by atomic mass is 16.5. The number of benzene rings is 1. The topological polar surface area (TPSA) is 81.0 Å². The smallest absolute Gasteiger partial charge is 0.353 e. The molecule has 3 N–H and O–H groups in total. The predicted octanol–water partition coefficient (Wildman–Crippen LogP) is 1.34. The lowest BCUT2D eigenvalue weighted by Crippen LogP contribution is -2.12. The van der Waals surface area contributed by atoms with E-state index in [-0.39, 0.29) is 5.70 Å². The second kappa shape index (κ2) is 4.29. The highest BCUT2D eigenvalue weighted by Gasteiger charge is 2.06. The molecule has 17 heavy (non-hydrogen) atoms. The number of nitrogens with two attached hydrogens (primary N) is 1. The number of hydrogen-bond donors (Lipinski definition) is 2. The van der Waals surface area contributed by atoms with Crippen molar-refractivity contribution >= 4 is 22.9 Å². The lowest BCUT2D eigenvalue weighted by Gasteiger charge is -2.01. The molecule has 0 radical (unpaired) electrons. The minimum absolute atomic E-state index is 0.0785. The third kappa shape index (κ3) is 2.13. The standard InChI is InChI=1S/C12H13N3O2/c1-7-3-8(5-10(13)12(16)17-2)4-9-6-14-15-11(7)9/h3-6H,13H2,1-2H3,(H,14,15). The molecule has 0 bridgehead atoms. The number of aromatic amines is 1. The third-order valence-electron chi connectivity index (χ3n) is 2.51. The van der Waals surface area contributed by atoms with Crippen molar-refractivity contribution in [1.29, 1.82) is 0 Å². The Kier molecular flexibility index (Phi) is 2.82. The summed E-state index contributed by atoms with van der Waals surface area (Å²) in [5, 5.41) is 7.85. The first-order valence-electron chi connectivity index (χ1n) is 5.11. The largest absolute Gasteiger partial charge is 0.464 e. The van der Waals surface area contributed by atoms with Crippen LogP contribution in [0.1, 0.15) is 11.1 Å². The van der Waals surface area contributed by atoms with Gasteiger partial charge in [0.25, 0.3) is 0 Å². The molecular weight excluding hydrogens is 218 g/mol. The van der Waals surface area contributed by atoms with Crippen LogP contribution >= 0.6 is 0 Å². The maximum atomic E-state index is 11.2. The van der Waals surface area contributed by atoms with Gasteiger partial charge in [-0.25, -0.2) is 4.79 Å². The maximum Gasteiger partial charge on any atom is 0.353 e. The van der Waals surface area contributed by atoms with E-state index < -0.39 is 5.97 Å². The van der Waals surface area contributed by atoms with Gasteiger partial charge in [-0.3, -0.25) is 5.10 Å². The number of carbonyl (C=O) groups excluding carboxylic acids is 1. The van der Waals surface area contributed by atoms with Crippen molar-refractivity contribution in [3.8, 4) is 0 Å². The van der Waals surface area contributed by atoms with Crippen LogP contribution < -0.4 is 5.73 Å². The van der Waals surface area contributed by atoms with E-state index in [1.165, 1.54) is 7.11 Å². The fourth-order valence-corrected chi connectivity index (χ4v) is 1.70. The number of carbonyl (C=O) groups is 1. The number of fused-ring (bicyclic) bond motifs is 1. The number of hydrogen-bond acceptors (Lipinski definition) is 4. The van der Waals surface area contributed by atoms with E-state index in [0.29, 0.717) is 0 Å². The van der Waals surface area contributed by atoms with Crippen LogP contribution in [0, 0.1) is 6.92 Å². The molecule has 0 aliphatic carbocycles. The zero-order chi connectivity index (χ0) is 12.4. The Hall–Kier alpha value is -2.30. The van der Waals surface area contributed by atoms with Crippen molar-refractivity contribution in [2.24, 2.45) is 5.73 Å². The van der Waals surface area contributed by atoms with Crippen LogP contribution in [0.15, 0.2) is 24.0 Å². The average Bonchev–Trinajstić information content (AvgIpc) is 2.76. The number of aryl methyl sites for hydroxylation is 1. The number of ether oxygens (including phenoxy) is 1. The van der Waals surface area contributed by atoms with Crippen molar-refractivity contribution < 1.29 is 9.53 Å². The Morgan fingerprint density at radius 3 is 3.00 bits per heavy atom. The molecular formula is C12H13N3O2. The molecule has 2 rings (SSSR count). The fraction of sp³-hybridized carbons (Fsp3) is 0.167. The van der Waals surface area contributed by atoms with Crippen molar-refractivity contribution in [2.45, 2.75) is 6.92 Å². The van der Waals surface area contributed by atoms with Gasteiger partial charge in [0.05, 0.1) is 18.8 Å². The van der Waals surface area contributed by atoms with Crippen LogP contribution in [0.2, 0.25) is 0 Å². The Labute approximate surface area is 98.3 Å². The number of methoxy groups -OCH3 is 1. The molecule has 1 heterocycles. The van der Waals surface area contributed by atoms with E-state index in [4.69, 9.17) is 5.73 Å². The lowest BCUT2D eigenvalue weighted by molar-refractivity contribution is -0.136. The van der Waals surface area contributed by atoms with Crippen LogP contribution in [-0.4, -0.2) is 23.3 Å². The fourth-order valence-electron chi connectivity index (χ4n) is 1.70. The maximum absolute atomic E-state index is 11.2. The molecule has 0 saturated carbocycles. The van der Waals surface area contributed by atoms with Crippen molar-refractivity contribution in [3.63, 3.8) is 0 Å². The van der Waals surface area contributed by atoms with E-state index in [9.17, 15) is 4.79 Å². The monoisotopic (exact) mass is 231 g/mol. The van der Waals surface area contributed by atoms with E-state index in [1.807, 2.05) is 19.1 Å². The Balaban J connectivity index is 2.46. The summed E-state index contributed by atoms with van der Waals surface area (Å²) < 4.78 is 4.54. The van der Waals surface area contributed by atoms with Gasteiger partial charge in [0.15, 0.2) is 0 Å². The summed E-state index contributed by atoms with van der Waals surface area (Å²) in [5.74, 6) is -0.532. The van der Waals surface area contributed by atoms with Gasteiger partial charge in [-0.1, -0.05) is 0 Å². The van der Waals surface area contributed by atoms with E-state index in [1.54, 1.807) is 12.3 Å². The minimum atomic E-state index is -0.532. The van der Waals surface area contributed by atoms with E-state index >= 15 is 0 Å². The number of nitrogens with one attached hydrogen (secondary N) is 1. The van der Waals surface area contributed by atoms with E-state index in [2.05, 4.69) is 14.9 Å². The van der Waals surface area contributed by atoms with Gasteiger partial charge in [-0.2, -0.15) is 5.10 Å². The molecule has 0 amide bonds. The van der Waals surface area contributed by atoms with Crippen LogP contribution in [-0.2, 0) is 9.53 Å². The summed E-state index contributed by atoms with van der Waals surface area (Å²) in [6.07, 6.45) is 3.32. The summed E-state index contributed by atoms with van der Waals surface area (Å²) in [5.41, 5.74) is 8.55. The highest BCUT2D eigenvalue weighted by molar-refractivity contribution is 5.93. The number of aromatic nitrogens is 2. The van der Waals surface area contributed by atoms with Crippen LogP contribution in [0.25, 0.3) is 17.0 Å². The second-order valence-corrected chi connectivity index (χ2v) is 3.76. The zero-order valence-electron chi connectivity index (χ0n) is 9.65. The Morgan fingerprint density at radius 1 is 1.53 bits per heavy atom. The molecule has 1 aromatic carbocycles. The highest BCUT2D eigenvalue weighted by Crippen LogP contribution is 2.19. The lowest BCUT2D eigenvalue weighted by atomic mass is 10.1. The Morgan fingerprint density at radius 2 is 2.29 bits per heavy atom. The van der Waals surface area contributed by atoms with Gasteiger partial charge >= 0.3 is 5.97 Å². The number of rotatable bonds is 2. The minimum Gasteiger partial charge on any atom is -0.464 e. The molecule has 5 nitrogen and oxygen atoms in total. The van der Waals surface area contributed by atoms with Gasteiger partial charge in [-0.05, 0) is 36.3 Å². The molecule has 0 unspecified atom stereocenters. The van der Waals surface area contributed by atoms with Gasteiger partial charge in [0.2, 0.25) is 0 Å². The second-order valence-electron chi connectivity index (χ2n) is 3.76. The molecule has 0 aliphatic rings. The molecule has 88 valence electrons. The zero-order valence-corrected chi connectivity index (χ0v) is 9.65.